The maximum Gasteiger partial charge on any atom is 0.337 e. The highest BCUT2D eigenvalue weighted by Gasteiger charge is 2.39. The number of dihydropyridines is 1. The number of allylic oxidation sites excluding steroid dienone is 3. The van der Waals surface area contributed by atoms with Gasteiger partial charge in [-0.25, -0.2) is 17.9 Å². The Morgan fingerprint density at radius 3 is 2.40 bits per heavy atom. The predicted octanol–water partition coefficient (Wildman–Crippen LogP) is 3.21. The first-order valence-corrected chi connectivity index (χ1v) is 13.2. The van der Waals surface area contributed by atoms with Gasteiger partial charge < -0.3 is 10.1 Å². The van der Waals surface area contributed by atoms with Crippen molar-refractivity contribution in [3.8, 4) is 0 Å². The van der Waals surface area contributed by atoms with Crippen molar-refractivity contribution in [1.29, 1.82) is 0 Å². The van der Waals surface area contributed by atoms with E-state index in [1.54, 1.807) is 33.8 Å². The maximum atomic E-state index is 13.4. The van der Waals surface area contributed by atoms with Crippen molar-refractivity contribution in [2.24, 2.45) is 0 Å². The first-order chi connectivity index (χ1) is 16.4. The molecule has 1 saturated carbocycles. The highest BCUT2D eigenvalue weighted by molar-refractivity contribution is 7.90. The van der Waals surface area contributed by atoms with Crippen molar-refractivity contribution in [2.45, 2.75) is 71.4 Å². The highest BCUT2D eigenvalue weighted by atomic mass is 32.2. The molecule has 1 aromatic rings. The molecular formula is C24H31N3O7S. The fourth-order valence-corrected chi connectivity index (χ4v) is 5.96. The number of esters is 1. The fourth-order valence-electron chi connectivity index (χ4n) is 4.66. The standard InChI is InChI=1S/C24H31N3O7S/c1-14(2)26-35(32,33)13-20(28)21-15(3)25-16(4)22(24(29)34-19-10-5-6-11-19)23(21)17-8-7-9-18(12-17)27(30)31/h7-9,12,14,19,23,25-26H,5-6,10-11,13H2,1-4H3. The number of nitrogens with zero attached hydrogens (tertiary/aromatic N) is 1. The lowest BCUT2D eigenvalue weighted by Crippen LogP contribution is -2.38. The summed E-state index contributed by atoms with van der Waals surface area (Å²) in [7, 11) is -3.95. The Morgan fingerprint density at radius 2 is 1.80 bits per heavy atom. The zero-order valence-corrected chi connectivity index (χ0v) is 21.1. The molecule has 2 N–H and O–H groups in total. The molecule has 0 saturated heterocycles. The number of hydrogen-bond acceptors (Lipinski definition) is 8. The number of nitro groups is 1. The minimum atomic E-state index is -3.95. The summed E-state index contributed by atoms with van der Waals surface area (Å²) in [6, 6.07) is 5.26. The molecule has 1 aliphatic carbocycles. The number of carbonyl (C=O) groups is 2. The molecule has 1 heterocycles. The summed E-state index contributed by atoms with van der Waals surface area (Å²) in [6.07, 6.45) is 3.15. The zero-order valence-electron chi connectivity index (χ0n) is 20.3. The summed E-state index contributed by atoms with van der Waals surface area (Å²) in [5.74, 6) is -3.18. The number of sulfonamides is 1. The number of non-ortho nitro benzene ring substituents is 1. The quantitative estimate of drug-likeness (QED) is 0.296. The van der Waals surface area contributed by atoms with Crippen LogP contribution in [0.25, 0.3) is 0 Å². The second-order valence-electron chi connectivity index (χ2n) is 9.25. The van der Waals surface area contributed by atoms with Crippen molar-refractivity contribution in [1.82, 2.24) is 10.0 Å². The summed E-state index contributed by atoms with van der Waals surface area (Å²) < 4.78 is 33.2. The minimum absolute atomic E-state index is 0.0589. The zero-order chi connectivity index (χ0) is 25.9. The number of nitro benzene ring substituents is 1. The largest absolute Gasteiger partial charge is 0.459 e. The molecule has 1 atom stereocenters. The molecular weight excluding hydrogens is 474 g/mol. The van der Waals surface area contributed by atoms with Crippen molar-refractivity contribution < 1.29 is 27.7 Å². The van der Waals surface area contributed by atoms with Crippen LogP contribution in [0.4, 0.5) is 5.69 Å². The van der Waals surface area contributed by atoms with Gasteiger partial charge in [-0.05, 0) is 58.9 Å². The van der Waals surface area contributed by atoms with Crippen LogP contribution in [0.3, 0.4) is 0 Å². The lowest BCUT2D eigenvalue weighted by Gasteiger charge is -2.31. The van der Waals surface area contributed by atoms with Gasteiger partial charge in [0, 0.05) is 41.1 Å². The van der Waals surface area contributed by atoms with E-state index in [-0.39, 0.29) is 22.9 Å². The van der Waals surface area contributed by atoms with Gasteiger partial charge in [-0.1, -0.05) is 12.1 Å². The number of ketones is 1. The van der Waals surface area contributed by atoms with Crippen LogP contribution in [0, 0.1) is 10.1 Å². The van der Waals surface area contributed by atoms with Gasteiger partial charge in [0.15, 0.2) is 5.78 Å². The molecule has 190 valence electrons. The molecule has 1 aromatic carbocycles. The van der Waals surface area contributed by atoms with E-state index in [4.69, 9.17) is 4.74 Å². The monoisotopic (exact) mass is 505 g/mol. The Balaban J connectivity index is 2.09. The van der Waals surface area contributed by atoms with Crippen LogP contribution < -0.4 is 10.0 Å². The smallest absolute Gasteiger partial charge is 0.337 e. The molecule has 0 amide bonds. The third-order valence-corrected chi connectivity index (χ3v) is 7.48. The topological polar surface area (TPSA) is 145 Å². The number of ether oxygens (including phenoxy) is 1. The summed E-state index contributed by atoms with van der Waals surface area (Å²) in [4.78, 5) is 37.6. The lowest BCUT2D eigenvalue weighted by atomic mass is 9.79. The molecule has 0 aromatic heterocycles. The van der Waals surface area contributed by atoms with Crippen LogP contribution in [-0.4, -0.2) is 43.0 Å². The van der Waals surface area contributed by atoms with Crippen LogP contribution in [-0.2, 0) is 24.3 Å². The van der Waals surface area contributed by atoms with E-state index < -0.39 is 44.4 Å². The average Bonchev–Trinajstić information content (AvgIpc) is 3.24. The molecule has 1 aliphatic heterocycles. The number of rotatable bonds is 9. The Kier molecular flexibility index (Phi) is 8.11. The molecule has 11 heteroatoms. The minimum Gasteiger partial charge on any atom is -0.459 e. The SMILES string of the molecule is CC1=C(C(=O)CS(=O)(=O)NC(C)C)C(c2cccc([N+](=O)[O-])c2)C(C(=O)OC2CCCC2)=C(C)N1. The fraction of sp³-hybridized carbons (Fsp3) is 0.500. The van der Waals surface area contributed by atoms with Gasteiger partial charge in [-0.3, -0.25) is 14.9 Å². The van der Waals surface area contributed by atoms with E-state index in [9.17, 15) is 28.1 Å². The molecule has 35 heavy (non-hydrogen) atoms. The van der Waals surface area contributed by atoms with Gasteiger partial charge in [0.1, 0.15) is 11.9 Å². The van der Waals surface area contributed by atoms with Gasteiger partial charge in [0.2, 0.25) is 10.0 Å². The van der Waals surface area contributed by atoms with Crippen molar-refractivity contribution in [2.75, 3.05) is 5.75 Å². The molecule has 1 unspecified atom stereocenters. The van der Waals surface area contributed by atoms with Crippen LogP contribution in [0.1, 0.15) is 64.9 Å². The summed E-state index contributed by atoms with van der Waals surface area (Å²) in [5.41, 5.74) is 1.14. The molecule has 10 nitrogen and oxygen atoms in total. The average molecular weight is 506 g/mol. The van der Waals surface area contributed by atoms with Crippen LogP contribution in [0.5, 0.6) is 0 Å². The Hall–Kier alpha value is -3.05. The second-order valence-corrected chi connectivity index (χ2v) is 11.0. The van der Waals surface area contributed by atoms with E-state index in [0.29, 0.717) is 17.0 Å². The Morgan fingerprint density at radius 1 is 1.17 bits per heavy atom. The molecule has 2 aliphatic rings. The lowest BCUT2D eigenvalue weighted by molar-refractivity contribution is -0.384. The molecule has 0 bridgehead atoms. The van der Waals surface area contributed by atoms with Crippen molar-refractivity contribution in [3.05, 3.63) is 62.5 Å². The first-order valence-electron chi connectivity index (χ1n) is 11.6. The second kappa shape index (κ2) is 10.7. The molecule has 0 spiro atoms. The van der Waals surface area contributed by atoms with Crippen LogP contribution in [0.15, 0.2) is 46.8 Å². The Bertz CT molecular complexity index is 1200. The van der Waals surface area contributed by atoms with Crippen molar-refractivity contribution >= 4 is 27.5 Å². The van der Waals surface area contributed by atoms with Gasteiger partial charge in [-0.2, -0.15) is 0 Å². The van der Waals surface area contributed by atoms with Crippen LogP contribution in [0.2, 0.25) is 0 Å². The Labute approximate surface area is 205 Å². The van der Waals surface area contributed by atoms with Gasteiger partial charge in [-0.15, -0.1) is 0 Å². The van der Waals surface area contributed by atoms with Gasteiger partial charge in [0.25, 0.3) is 5.69 Å². The predicted molar refractivity (Wildman–Crippen MR) is 130 cm³/mol. The molecule has 3 rings (SSSR count). The number of Topliss-reactive ketones (excluding diaryl/α,β-unsaturated/α-hetero) is 1. The third-order valence-electron chi connectivity index (χ3n) is 6.01. The van der Waals surface area contributed by atoms with E-state index in [1.165, 1.54) is 18.2 Å². The van der Waals surface area contributed by atoms with E-state index in [2.05, 4.69) is 10.0 Å². The van der Waals surface area contributed by atoms with Crippen molar-refractivity contribution in [3.63, 3.8) is 0 Å². The first kappa shape index (κ1) is 26.6. The third kappa shape index (κ3) is 6.34. The summed E-state index contributed by atoms with van der Waals surface area (Å²) >= 11 is 0. The summed E-state index contributed by atoms with van der Waals surface area (Å²) in [5, 5.41) is 14.5. The molecule has 0 radical (unpaired) electrons. The normalized spacial score (nSPS) is 19.2. The van der Waals surface area contributed by atoms with Gasteiger partial charge in [0.05, 0.1) is 10.5 Å². The summed E-state index contributed by atoms with van der Waals surface area (Å²) in [6.45, 7) is 6.56. The molecule has 1 fully saturated rings. The maximum absolute atomic E-state index is 13.4. The number of hydrogen-bond donors (Lipinski definition) is 2. The van der Waals surface area contributed by atoms with E-state index >= 15 is 0 Å². The van der Waals surface area contributed by atoms with E-state index in [1.807, 2.05) is 0 Å². The number of benzene rings is 1. The highest BCUT2D eigenvalue weighted by Crippen LogP contribution is 2.40. The van der Waals surface area contributed by atoms with E-state index in [0.717, 1.165) is 25.7 Å². The number of carbonyl (C=O) groups excluding carboxylic acids is 2. The number of nitrogens with one attached hydrogen (secondary N) is 2. The van der Waals surface area contributed by atoms with Crippen LogP contribution >= 0.6 is 0 Å². The van der Waals surface area contributed by atoms with Gasteiger partial charge >= 0.3 is 5.97 Å².